The minimum absolute atomic E-state index is 0.710. The van der Waals surface area contributed by atoms with Crippen LogP contribution in [-0.4, -0.2) is 37.1 Å². The summed E-state index contributed by atoms with van der Waals surface area (Å²) in [5.74, 6) is 1.94. The van der Waals surface area contributed by atoms with Crippen molar-refractivity contribution >= 4 is 0 Å². The SMILES string of the molecule is CCCNC(C)C1CCCN(CC2CC2)C1. The van der Waals surface area contributed by atoms with Crippen LogP contribution in [0.15, 0.2) is 0 Å². The third-order valence-electron chi connectivity index (χ3n) is 4.18. The van der Waals surface area contributed by atoms with Crippen molar-refractivity contribution < 1.29 is 0 Å². The number of nitrogens with zero attached hydrogens (tertiary/aromatic N) is 1. The molecule has 2 rings (SSSR count). The predicted molar refractivity (Wildman–Crippen MR) is 69.6 cm³/mol. The molecule has 0 aromatic heterocycles. The first kappa shape index (κ1) is 12.4. The molecule has 0 bridgehead atoms. The van der Waals surface area contributed by atoms with Crippen LogP contribution in [0.4, 0.5) is 0 Å². The number of piperidine rings is 1. The van der Waals surface area contributed by atoms with E-state index in [9.17, 15) is 0 Å². The molecular formula is C14H28N2. The molecule has 2 unspecified atom stereocenters. The van der Waals surface area contributed by atoms with Gasteiger partial charge in [-0.15, -0.1) is 0 Å². The van der Waals surface area contributed by atoms with Crippen LogP contribution in [-0.2, 0) is 0 Å². The van der Waals surface area contributed by atoms with Crippen molar-refractivity contribution in [2.45, 2.75) is 52.0 Å². The van der Waals surface area contributed by atoms with Gasteiger partial charge in [0.1, 0.15) is 0 Å². The lowest BCUT2D eigenvalue weighted by molar-refractivity contribution is 0.146. The molecule has 1 saturated heterocycles. The van der Waals surface area contributed by atoms with Crippen molar-refractivity contribution in [1.29, 1.82) is 0 Å². The molecule has 2 nitrogen and oxygen atoms in total. The van der Waals surface area contributed by atoms with Gasteiger partial charge >= 0.3 is 0 Å². The molecule has 16 heavy (non-hydrogen) atoms. The molecule has 0 aromatic rings. The Morgan fingerprint density at radius 3 is 2.81 bits per heavy atom. The summed E-state index contributed by atoms with van der Waals surface area (Å²) >= 11 is 0. The highest BCUT2D eigenvalue weighted by Crippen LogP contribution is 2.31. The van der Waals surface area contributed by atoms with Crippen LogP contribution in [0.3, 0.4) is 0 Å². The second-order valence-electron chi connectivity index (χ2n) is 5.85. The van der Waals surface area contributed by atoms with Gasteiger partial charge in [-0.3, -0.25) is 0 Å². The minimum atomic E-state index is 0.710. The Labute approximate surface area is 101 Å². The van der Waals surface area contributed by atoms with Crippen LogP contribution in [0, 0.1) is 11.8 Å². The van der Waals surface area contributed by atoms with E-state index in [1.165, 1.54) is 58.3 Å². The molecular weight excluding hydrogens is 196 g/mol. The molecule has 2 aliphatic rings. The smallest absolute Gasteiger partial charge is 0.00792 e. The van der Waals surface area contributed by atoms with E-state index in [4.69, 9.17) is 0 Å². The van der Waals surface area contributed by atoms with Crippen LogP contribution in [0.2, 0.25) is 0 Å². The van der Waals surface area contributed by atoms with E-state index in [1.807, 2.05) is 0 Å². The lowest BCUT2D eigenvalue weighted by atomic mass is 9.91. The fourth-order valence-electron chi connectivity index (χ4n) is 2.87. The van der Waals surface area contributed by atoms with Gasteiger partial charge in [0, 0.05) is 19.1 Å². The van der Waals surface area contributed by atoms with Gasteiger partial charge < -0.3 is 10.2 Å². The molecule has 1 aliphatic heterocycles. The third kappa shape index (κ3) is 3.74. The van der Waals surface area contributed by atoms with Gasteiger partial charge in [-0.25, -0.2) is 0 Å². The average molecular weight is 224 g/mol. The quantitative estimate of drug-likeness (QED) is 0.746. The number of nitrogens with one attached hydrogen (secondary N) is 1. The molecule has 1 saturated carbocycles. The highest BCUT2D eigenvalue weighted by molar-refractivity contribution is 4.84. The molecule has 0 radical (unpaired) electrons. The number of hydrogen-bond acceptors (Lipinski definition) is 2. The van der Waals surface area contributed by atoms with Gasteiger partial charge in [-0.1, -0.05) is 6.92 Å². The Morgan fingerprint density at radius 1 is 1.31 bits per heavy atom. The molecule has 1 N–H and O–H groups in total. The van der Waals surface area contributed by atoms with Crippen molar-refractivity contribution in [1.82, 2.24) is 10.2 Å². The highest BCUT2D eigenvalue weighted by Gasteiger charge is 2.29. The lowest BCUT2D eigenvalue weighted by Crippen LogP contribution is -2.45. The molecule has 2 fully saturated rings. The Kier molecular flexibility index (Phi) is 4.66. The van der Waals surface area contributed by atoms with E-state index in [0.29, 0.717) is 6.04 Å². The molecule has 94 valence electrons. The second kappa shape index (κ2) is 6.02. The molecule has 0 spiro atoms. The van der Waals surface area contributed by atoms with E-state index in [-0.39, 0.29) is 0 Å². The Bertz CT molecular complexity index is 201. The number of hydrogen-bond donors (Lipinski definition) is 1. The maximum Gasteiger partial charge on any atom is 0.00792 e. The zero-order valence-electron chi connectivity index (χ0n) is 11.0. The highest BCUT2D eigenvalue weighted by atomic mass is 15.1. The van der Waals surface area contributed by atoms with E-state index >= 15 is 0 Å². The molecule has 0 amide bonds. The van der Waals surface area contributed by atoms with Gasteiger partial charge in [0.25, 0.3) is 0 Å². The summed E-state index contributed by atoms with van der Waals surface area (Å²) in [5.41, 5.74) is 0. The summed E-state index contributed by atoms with van der Waals surface area (Å²) in [6, 6.07) is 0.710. The Morgan fingerprint density at radius 2 is 2.12 bits per heavy atom. The zero-order chi connectivity index (χ0) is 11.4. The monoisotopic (exact) mass is 224 g/mol. The number of rotatable bonds is 6. The molecule has 1 aliphatic carbocycles. The van der Waals surface area contributed by atoms with Gasteiger partial charge in [0.05, 0.1) is 0 Å². The average Bonchev–Trinajstić information content (AvgIpc) is 3.10. The van der Waals surface area contributed by atoms with Gasteiger partial charge in [0.2, 0.25) is 0 Å². The van der Waals surface area contributed by atoms with E-state index < -0.39 is 0 Å². The number of likely N-dealkylation sites (tertiary alicyclic amines) is 1. The molecule has 2 heteroatoms. The van der Waals surface area contributed by atoms with E-state index in [1.54, 1.807) is 0 Å². The van der Waals surface area contributed by atoms with Crippen molar-refractivity contribution in [3.63, 3.8) is 0 Å². The fourth-order valence-corrected chi connectivity index (χ4v) is 2.87. The van der Waals surface area contributed by atoms with Gasteiger partial charge in [-0.2, -0.15) is 0 Å². The lowest BCUT2D eigenvalue weighted by Gasteiger charge is -2.36. The first-order chi connectivity index (χ1) is 7.79. The van der Waals surface area contributed by atoms with Crippen LogP contribution < -0.4 is 5.32 Å². The van der Waals surface area contributed by atoms with Gasteiger partial charge in [0.15, 0.2) is 0 Å². The standard InChI is InChI=1S/C14H28N2/c1-3-8-15-12(2)14-5-4-9-16(11-14)10-13-6-7-13/h12-15H,3-11H2,1-2H3. The second-order valence-corrected chi connectivity index (χ2v) is 5.85. The first-order valence-electron chi connectivity index (χ1n) is 7.25. The summed E-state index contributed by atoms with van der Waals surface area (Å²) in [6.07, 6.45) is 7.08. The first-order valence-corrected chi connectivity index (χ1v) is 7.25. The minimum Gasteiger partial charge on any atom is -0.314 e. The van der Waals surface area contributed by atoms with Crippen LogP contribution in [0.25, 0.3) is 0 Å². The van der Waals surface area contributed by atoms with Crippen LogP contribution >= 0.6 is 0 Å². The topological polar surface area (TPSA) is 15.3 Å². The van der Waals surface area contributed by atoms with Gasteiger partial charge in [-0.05, 0) is 64.0 Å². The maximum absolute atomic E-state index is 3.66. The van der Waals surface area contributed by atoms with Crippen molar-refractivity contribution in [3.05, 3.63) is 0 Å². The van der Waals surface area contributed by atoms with Crippen molar-refractivity contribution in [3.8, 4) is 0 Å². The Hall–Kier alpha value is -0.0800. The zero-order valence-corrected chi connectivity index (χ0v) is 11.0. The summed E-state index contributed by atoms with van der Waals surface area (Å²) < 4.78 is 0. The van der Waals surface area contributed by atoms with Crippen molar-refractivity contribution in [2.75, 3.05) is 26.2 Å². The summed E-state index contributed by atoms with van der Waals surface area (Å²) in [6.45, 7) is 9.89. The largest absolute Gasteiger partial charge is 0.314 e. The van der Waals surface area contributed by atoms with E-state index in [2.05, 4.69) is 24.1 Å². The van der Waals surface area contributed by atoms with Crippen molar-refractivity contribution in [2.24, 2.45) is 11.8 Å². The Balaban J connectivity index is 1.71. The molecule has 0 aromatic carbocycles. The molecule has 1 heterocycles. The fraction of sp³-hybridized carbons (Fsp3) is 1.00. The molecule has 2 atom stereocenters. The summed E-state index contributed by atoms with van der Waals surface area (Å²) in [7, 11) is 0. The summed E-state index contributed by atoms with van der Waals surface area (Å²) in [5, 5.41) is 3.66. The summed E-state index contributed by atoms with van der Waals surface area (Å²) in [4.78, 5) is 2.72. The van der Waals surface area contributed by atoms with Crippen LogP contribution in [0.1, 0.15) is 46.0 Å². The third-order valence-corrected chi connectivity index (χ3v) is 4.18. The predicted octanol–water partition coefficient (Wildman–Crippen LogP) is 2.50. The van der Waals surface area contributed by atoms with Crippen LogP contribution in [0.5, 0.6) is 0 Å². The van der Waals surface area contributed by atoms with E-state index in [0.717, 1.165) is 11.8 Å². The normalized spacial score (nSPS) is 29.2. The maximum atomic E-state index is 3.66.